The molecule has 0 bridgehead atoms. The molecule has 0 radical (unpaired) electrons. The van der Waals surface area contributed by atoms with E-state index in [-0.39, 0.29) is 5.56 Å². The Hall–Kier alpha value is -2.04. The Morgan fingerprint density at radius 1 is 1.22 bits per heavy atom. The van der Waals surface area contributed by atoms with Crippen molar-refractivity contribution < 1.29 is 0 Å². The predicted molar refractivity (Wildman–Crippen MR) is 69.4 cm³/mol. The number of rotatable bonds is 3. The first-order valence-corrected chi connectivity index (χ1v) is 6.24. The fourth-order valence-electron chi connectivity index (χ4n) is 2.58. The number of pyridine rings is 1. The molecule has 1 aliphatic carbocycles. The highest BCUT2D eigenvalue weighted by Gasteiger charge is 2.15. The zero-order chi connectivity index (χ0) is 12.5. The molecule has 5 nitrogen and oxygen atoms in total. The average Bonchev–Trinajstić information content (AvgIpc) is 2.96. The van der Waals surface area contributed by atoms with Gasteiger partial charge in [0.1, 0.15) is 5.82 Å². The first kappa shape index (κ1) is 11.1. The van der Waals surface area contributed by atoms with Gasteiger partial charge < -0.3 is 10.3 Å². The van der Waals surface area contributed by atoms with Crippen molar-refractivity contribution >= 4 is 5.82 Å². The molecule has 94 valence electrons. The normalized spacial score (nSPS) is 13.8. The molecule has 0 saturated heterocycles. The van der Waals surface area contributed by atoms with E-state index in [0.29, 0.717) is 18.9 Å². The van der Waals surface area contributed by atoms with Gasteiger partial charge in [0.05, 0.1) is 6.54 Å². The van der Waals surface area contributed by atoms with Crippen LogP contribution in [0.5, 0.6) is 0 Å². The molecule has 0 fully saturated rings. The third-order valence-electron chi connectivity index (χ3n) is 3.46. The second-order valence-electron chi connectivity index (χ2n) is 4.65. The van der Waals surface area contributed by atoms with Gasteiger partial charge in [-0.25, -0.2) is 0 Å². The quantitative estimate of drug-likeness (QED) is 0.869. The highest BCUT2D eigenvalue weighted by Crippen LogP contribution is 2.19. The molecule has 2 aromatic rings. The van der Waals surface area contributed by atoms with Gasteiger partial charge in [-0.3, -0.25) is 9.48 Å². The molecule has 1 aliphatic rings. The van der Waals surface area contributed by atoms with Crippen LogP contribution in [-0.4, -0.2) is 14.3 Å². The maximum absolute atomic E-state index is 11.9. The molecule has 0 spiro atoms. The number of hydrogen-bond acceptors (Lipinski definition) is 3. The van der Waals surface area contributed by atoms with Crippen LogP contribution in [-0.2, 0) is 25.9 Å². The Labute approximate surface area is 105 Å². The van der Waals surface area contributed by atoms with E-state index in [1.807, 2.05) is 16.8 Å². The molecular weight excluding hydrogens is 228 g/mol. The van der Waals surface area contributed by atoms with Crippen molar-refractivity contribution in [3.8, 4) is 0 Å². The van der Waals surface area contributed by atoms with Crippen LogP contribution in [0, 0.1) is 0 Å². The van der Waals surface area contributed by atoms with Crippen LogP contribution >= 0.6 is 0 Å². The molecule has 18 heavy (non-hydrogen) atoms. The van der Waals surface area contributed by atoms with E-state index in [1.54, 1.807) is 16.8 Å². The van der Waals surface area contributed by atoms with Crippen LogP contribution in [0.15, 0.2) is 29.2 Å². The summed E-state index contributed by atoms with van der Waals surface area (Å²) in [4.78, 5) is 11.9. The Balaban J connectivity index is 1.85. The maximum atomic E-state index is 11.9. The summed E-state index contributed by atoms with van der Waals surface area (Å²) in [5.41, 5.74) is 8.16. The van der Waals surface area contributed by atoms with E-state index in [1.165, 1.54) is 11.3 Å². The molecule has 0 amide bonds. The van der Waals surface area contributed by atoms with Gasteiger partial charge in [0.2, 0.25) is 0 Å². The summed E-state index contributed by atoms with van der Waals surface area (Å²) in [7, 11) is 0. The second kappa shape index (κ2) is 4.33. The van der Waals surface area contributed by atoms with Crippen LogP contribution in [0.1, 0.15) is 17.7 Å². The van der Waals surface area contributed by atoms with Gasteiger partial charge in [0.25, 0.3) is 5.56 Å². The summed E-state index contributed by atoms with van der Waals surface area (Å²) < 4.78 is 3.65. The number of fused-ring (bicyclic) bond motifs is 1. The van der Waals surface area contributed by atoms with E-state index in [2.05, 4.69) is 5.10 Å². The molecule has 0 atom stereocenters. The molecule has 0 saturated carbocycles. The maximum Gasteiger partial charge on any atom is 0.250 e. The second-order valence-corrected chi connectivity index (χ2v) is 4.65. The first-order chi connectivity index (χ1) is 8.74. The van der Waals surface area contributed by atoms with Crippen LogP contribution < -0.4 is 11.3 Å². The number of nitrogen functional groups attached to an aromatic ring is 1. The van der Waals surface area contributed by atoms with Crippen molar-refractivity contribution in [2.45, 2.75) is 32.4 Å². The minimum absolute atomic E-state index is 0.0794. The van der Waals surface area contributed by atoms with Gasteiger partial charge in [0.15, 0.2) is 0 Å². The van der Waals surface area contributed by atoms with Crippen molar-refractivity contribution in [2.24, 2.45) is 0 Å². The number of nitrogens with zero attached hydrogens (tertiary/aromatic N) is 3. The minimum Gasteiger partial charge on any atom is -0.382 e. The number of hydrogen-bond donors (Lipinski definition) is 1. The summed E-state index contributed by atoms with van der Waals surface area (Å²) in [5, 5.41) is 4.13. The molecule has 0 unspecified atom stereocenters. The van der Waals surface area contributed by atoms with Crippen molar-refractivity contribution in [3.05, 3.63) is 46.0 Å². The van der Waals surface area contributed by atoms with Gasteiger partial charge in [0, 0.05) is 24.5 Å². The highest BCUT2D eigenvalue weighted by molar-refractivity contribution is 5.26. The Morgan fingerprint density at radius 2 is 2.11 bits per heavy atom. The van der Waals surface area contributed by atoms with Gasteiger partial charge in [-0.1, -0.05) is 6.07 Å². The number of aryl methyl sites for hydroxylation is 2. The van der Waals surface area contributed by atoms with Crippen molar-refractivity contribution in [1.29, 1.82) is 0 Å². The monoisotopic (exact) mass is 244 g/mol. The third-order valence-corrected chi connectivity index (χ3v) is 3.46. The minimum atomic E-state index is 0.0794. The topological polar surface area (TPSA) is 65.8 Å². The molecule has 3 rings (SSSR count). The molecule has 2 N–H and O–H groups in total. The van der Waals surface area contributed by atoms with E-state index in [0.717, 1.165) is 19.3 Å². The zero-order valence-electron chi connectivity index (χ0n) is 10.2. The van der Waals surface area contributed by atoms with Crippen LogP contribution in [0.3, 0.4) is 0 Å². The summed E-state index contributed by atoms with van der Waals surface area (Å²) in [6.45, 7) is 1.33. The number of aromatic nitrogens is 3. The summed E-state index contributed by atoms with van der Waals surface area (Å²) >= 11 is 0. The first-order valence-electron chi connectivity index (χ1n) is 6.24. The van der Waals surface area contributed by atoms with Gasteiger partial charge >= 0.3 is 0 Å². The van der Waals surface area contributed by atoms with Crippen LogP contribution in [0.2, 0.25) is 0 Å². The Kier molecular flexibility index (Phi) is 2.66. The highest BCUT2D eigenvalue weighted by atomic mass is 16.1. The third kappa shape index (κ3) is 1.92. The summed E-state index contributed by atoms with van der Waals surface area (Å²) in [6.07, 6.45) is 5.08. The van der Waals surface area contributed by atoms with E-state index in [9.17, 15) is 4.79 Å². The van der Waals surface area contributed by atoms with E-state index >= 15 is 0 Å². The lowest BCUT2D eigenvalue weighted by molar-refractivity contribution is 0.513. The fourth-order valence-corrected chi connectivity index (χ4v) is 2.58. The van der Waals surface area contributed by atoms with Crippen LogP contribution in [0.4, 0.5) is 5.82 Å². The van der Waals surface area contributed by atoms with Gasteiger partial charge in [-0.2, -0.15) is 5.10 Å². The predicted octanol–water partition coefficient (Wildman–Crippen LogP) is 0.816. The lowest BCUT2D eigenvalue weighted by Crippen LogP contribution is -2.25. The van der Waals surface area contributed by atoms with Crippen LogP contribution in [0.25, 0.3) is 0 Å². The summed E-state index contributed by atoms with van der Waals surface area (Å²) in [6, 6.07) is 5.40. The SMILES string of the molecule is Nc1ccn(CCn2c3c(ccc2=O)CCC3)n1. The molecular formula is C13H16N4O. The van der Waals surface area contributed by atoms with Gasteiger partial charge in [-0.05, 0) is 30.9 Å². The molecule has 2 aromatic heterocycles. The standard InChI is InChI=1S/C13H16N4O/c14-12-6-7-16(15-12)8-9-17-11-3-1-2-10(11)4-5-13(17)18/h4-7H,1-3,8-9H2,(H2,14,15). The van der Waals surface area contributed by atoms with E-state index in [4.69, 9.17) is 5.73 Å². The van der Waals surface area contributed by atoms with Gasteiger partial charge in [-0.15, -0.1) is 0 Å². The smallest absolute Gasteiger partial charge is 0.250 e. The van der Waals surface area contributed by atoms with E-state index < -0.39 is 0 Å². The van der Waals surface area contributed by atoms with Crippen molar-refractivity contribution in [2.75, 3.05) is 5.73 Å². The molecule has 0 aliphatic heterocycles. The molecule has 2 heterocycles. The zero-order valence-corrected chi connectivity index (χ0v) is 10.2. The fraction of sp³-hybridized carbons (Fsp3) is 0.385. The van der Waals surface area contributed by atoms with Crippen molar-refractivity contribution in [3.63, 3.8) is 0 Å². The van der Waals surface area contributed by atoms with Crippen molar-refractivity contribution in [1.82, 2.24) is 14.3 Å². The number of anilines is 1. The molecule has 0 aromatic carbocycles. The largest absolute Gasteiger partial charge is 0.382 e. The Morgan fingerprint density at radius 3 is 2.89 bits per heavy atom. The Bertz CT molecular complexity index is 626. The molecule has 5 heteroatoms. The summed E-state index contributed by atoms with van der Waals surface area (Å²) in [5.74, 6) is 0.514. The lowest BCUT2D eigenvalue weighted by atomic mass is 10.2. The lowest BCUT2D eigenvalue weighted by Gasteiger charge is -2.11. The number of nitrogens with two attached hydrogens (primary N) is 1. The average molecular weight is 244 g/mol.